The van der Waals surface area contributed by atoms with Crippen LogP contribution in [0.1, 0.15) is 67.2 Å². The largest absolute Gasteiger partial charge is 0.295 e. The minimum Gasteiger partial charge on any atom is -0.295 e. The van der Waals surface area contributed by atoms with Gasteiger partial charge in [0.2, 0.25) is 0 Å². The molecule has 1 rings (SSSR count). The molecule has 1 saturated heterocycles. The Morgan fingerprint density at radius 2 is 1.90 bits per heavy atom. The summed E-state index contributed by atoms with van der Waals surface area (Å²) in [6, 6.07) is 0. The molecule has 4 unspecified atom stereocenters. The number of rotatable bonds is 5. The van der Waals surface area contributed by atoms with E-state index >= 15 is 0 Å². The third-order valence-electron chi connectivity index (χ3n) is 6.26. The first-order chi connectivity index (χ1) is 9.25. The summed E-state index contributed by atoms with van der Waals surface area (Å²) in [5.74, 6) is 1.32. The van der Waals surface area contributed by atoms with E-state index in [-0.39, 0.29) is 16.9 Å². The highest BCUT2D eigenvalue weighted by molar-refractivity contribution is 5.89. The first-order valence-electron chi connectivity index (χ1n) is 8.14. The third kappa shape index (κ3) is 3.00. The number of carbonyl (C=O) groups excluding carboxylic acids is 1. The molecule has 20 heavy (non-hydrogen) atoms. The normalized spacial score (nSPS) is 39.4. The third-order valence-corrected chi connectivity index (χ3v) is 6.26. The molecule has 0 bridgehead atoms. The molecule has 1 heterocycles. The predicted molar refractivity (Wildman–Crippen MR) is 86.9 cm³/mol. The van der Waals surface area contributed by atoms with Gasteiger partial charge in [-0.25, -0.2) is 0 Å². The van der Waals surface area contributed by atoms with E-state index in [0.29, 0.717) is 18.3 Å². The molecule has 0 radical (unpaired) electrons. The molecular formula is C18H33NO. The Labute approximate surface area is 125 Å². The van der Waals surface area contributed by atoms with Gasteiger partial charge in [0.15, 0.2) is 5.78 Å². The molecule has 0 saturated carbocycles. The minimum atomic E-state index is 0.184. The topological polar surface area (TPSA) is 20.3 Å². The molecule has 0 aliphatic carbocycles. The molecule has 0 aromatic heterocycles. The summed E-state index contributed by atoms with van der Waals surface area (Å²) in [5, 5.41) is 0. The molecule has 2 heteroatoms. The van der Waals surface area contributed by atoms with Gasteiger partial charge in [-0.1, -0.05) is 26.8 Å². The summed E-state index contributed by atoms with van der Waals surface area (Å²) in [6.45, 7) is 13.5. The van der Waals surface area contributed by atoms with E-state index in [0.717, 1.165) is 19.3 Å². The Morgan fingerprint density at radius 1 is 1.30 bits per heavy atom. The first-order valence-corrected chi connectivity index (χ1v) is 8.14. The molecule has 0 aromatic carbocycles. The summed E-state index contributed by atoms with van der Waals surface area (Å²) < 4.78 is 0. The van der Waals surface area contributed by atoms with E-state index in [1.165, 1.54) is 0 Å². The van der Waals surface area contributed by atoms with Gasteiger partial charge in [-0.2, -0.15) is 0 Å². The van der Waals surface area contributed by atoms with Crippen LogP contribution in [0.4, 0.5) is 0 Å². The van der Waals surface area contributed by atoms with Crippen LogP contribution in [0.3, 0.4) is 0 Å². The summed E-state index contributed by atoms with van der Waals surface area (Å²) in [5.41, 5.74) is 0.391. The number of likely N-dealkylation sites (tertiary alicyclic amines) is 1. The van der Waals surface area contributed by atoms with Crippen molar-refractivity contribution in [2.75, 3.05) is 7.05 Å². The predicted octanol–water partition coefficient (Wildman–Crippen LogP) is 4.45. The average Bonchev–Trinajstić information content (AvgIpc) is 2.42. The summed E-state index contributed by atoms with van der Waals surface area (Å²) in [6.07, 6.45) is 7.69. The van der Waals surface area contributed by atoms with Gasteiger partial charge < -0.3 is 0 Å². The van der Waals surface area contributed by atoms with Gasteiger partial charge in [-0.3, -0.25) is 9.69 Å². The van der Waals surface area contributed by atoms with Crippen LogP contribution >= 0.6 is 0 Å². The van der Waals surface area contributed by atoms with Gasteiger partial charge in [0.1, 0.15) is 0 Å². The number of hydrogen-bond acceptors (Lipinski definition) is 2. The van der Waals surface area contributed by atoms with Crippen LogP contribution in [0.25, 0.3) is 0 Å². The summed E-state index contributed by atoms with van der Waals surface area (Å²) in [7, 11) is 2.27. The van der Waals surface area contributed by atoms with Crippen LogP contribution in [0.5, 0.6) is 0 Å². The molecule has 0 N–H and O–H groups in total. The SMILES string of the molecule is C/C=C/C(=O)CC1CC(C)(CC)N(C)C(C)(CC)C1C. The quantitative estimate of drug-likeness (QED) is 0.693. The Morgan fingerprint density at radius 3 is 2.35 bits per heavy atom. The van der Waals surface area contributed by atoms with Gasteiger partial charge in [0.05, 0.1) is 0 Å². The summed E-state index contributed by atoms with van der Waals surface area (Å²) >= 11 is 0. The number of ketones is 1. The van der Waals surface area contributed by atoms with Gasteiger partial charge >= 0.3 is 0 Å². The highest BCUT2D eigenvalue weighted by Crippen LogP contribution is 2.48. The van der Waals surface area contributed by atoms with E-state index in [9.17, 15) is 4.79 Å². The van der Waals surface area contributed by atoms with Crippen LogP contribution in [-0.2, 0) is 4.79 Å². The molecule has 2 nitrogen and oxygen atoms in total. The van der Waals surface area contributed by atoms with Crippen molar-refractivity contribution in [1.29, 1.82) is 0 Å². The summed E-state index contributed by atoms with van der Waals surface area (Å²) in [4.78, 5) is 14.6. The number of hydrogen-bond donors (Lipinski definition) is 0. The lowest BCUT2D eigenvalue weighted by molar-refractivity contribution is -0.122. The van der Waals surface area contributed by atoms with E-state index in [1.54, 1.807) is 6.08 Å². The molecule has 0 aromatic rings. The number of allylic oxidation sites excluding steroid dienone is 2. The molecule has 4 atom stereocenters. The minimum absolute atomic E-state index is 0.184. The highest BCUT2D eigenvalue weighted by Gasteiger charge is 2.50. The zero-order valence-electron chi connectivity index (χ0n) is 14.5. The Bertz CT molecular complexity index is 376. The van der Waals surface area contributed by atoms with E-state index in [2.05, 4.69) is 46.6 Å². The zero-order valence-corrected chi connectivity index (χ0v) is 14.5. The maximum Gasteiger partial charge on any atom is 0.155 e. The van der Waals surface area contributed by atoms with Crippen molar-refractivity contribution in [2.45, 2.75) is 78.3 Å². The number of carbonyl (C=O) groups is 1. The Kier molecular flexibility index (Phi) is 5.60. The second-order valence-corrected chi connectivity index (χ2v) is 7.04. The second-order valence-electron chi connectivity index (χ2n) is 7.04. The van der Waals surface area contributed by atoms with Gasteiger partial charge in [-0.15, -0.1) is 0 Å². The van der Waals surface area contributed by atoms with Crippen LogP contribution in [0.2, 0.25) is 0 Å². The molecule has 1 aliphatic rings. The Hall–Kier alpha value is -0.630. The van der Waals surface area contributed by atoms with Crippen molar-refractivity contribution in [3.05, 3.63) is 12.2 Å². The van der Waals surface area contributed by atoms with E-state index in [4.69, 9.17) is 0 Å². The monoisotopic (exact) mass is 279 g/mol. The van der Waals surface area contributed by atoms with Crippen LogP contribution < -0.4 is 0 Å². The van der Waals surface area contributed by atoms with Gasteiger partial charge in [-0.05, 0) is 65.0 Å². The van der Waals surface area contributed by atoms with Crippen molar-refractivity contribution >= 4 is 5.78 Å². The molecule has 1 fully saturated rings. The molecule has 1 aliphatic heterocycles. The molecule has 116 valence electrons. The zero-order chi connectivity index (χ0) is 15.6. The lowest BCUT2D eigenvalue weighted by Gasteiger charge is -2.59. The fraction of sp³-hybridized carbons (Fsp3) is 0.833. The lowest BCUT2D eigenvalue weighted by atomic mass is 9.63. The van der Waals surface area contributed by atoms with Crippen molar-refractivity contribution < 1.29 is 4.79 Å². The molecule has 0 amide bonds. The highest BCUT2D eigenvalue weighted by atomic mass is 16.1. The first kappa shape index (κ1) is 17.4. The van der Waals surface area contributed by atoms with Crippen LogP contribution in [0.15, 0.2) is 12.2 Å². The van der Waals surface area contributed by atoms with Crippen LogP contribution in [-0.4, -0.2) is 28.8 Å². The Balaban J connectivity index is 3.05. The molecule has 0 spiro atoms. The number of piperidine rings is 1. The van der Waals surface area contributed by atoms with Crippen LogP contribution in [0, 0.1) is 11.8 Å². The van der Waals surface area contributed by atoms with Crippen molar-refractivity contribution in [3.8, 4) is 0 Å². The molecular weight excluding hydrogens is 246 g/mol. The fourth-order valence-corrected chi connectivity index (χ4v) is 4.01. The van der Waals surface area contributed by atoms with Crippen molar-refractivity contribution in [1.82, 2.24) is 4.90 Å². The number of nitrogens with zero attached hydrogens (tertiary/aromatic N) is 1. The lowest BCUT2D eigenvalue weighted by Crippen LogP contribution is -2.64. The fourth-order valence-electron chi connectivity index (χ4n) is 4.01. The smallest absolute Gasteiger partial charge is 0.155 e. The average molecular weight is 279 g/mol. The maximum absolute atomic E-state index is 12.0. The second kappa shape index (κ2) is 6.43. The van der Waals surface area contributed by atoms with Crippen molar-refractivity contribution in [2.24, 2.45) is 11.8 Å². The standard InChI is InChI=1S/C18H33NO/c1-8-11-16(20)12-15-13-17(5,9-2)19(7)18(6,10-3)14(15)4/h8,11,14-15H,9-10,12-13H2,1-7H3/b11-8+. The van der Waals surface area contributed by atoms with Gasteiger partial charge in [0.25, 0.3) is 0 Å². The maximum atomic E-state index is 12.0. The van der Waals surface area contributed by atoms with Gasteiger partial charge in [0, 0.05) is 17.5 Å². The van der Waals surface area contributed by atoms with E-state index in [1.807, 2.05) is 13.0 Å². The van der Waals surface area contributed by atoms with E-state index < -0.39 is 0 Å². The van der Waals surface area contributed by atoms with Crippen molar-refractivity contribution in [3.63, 3.8) is 0 Å².